The summed E-state index contributed by atoms with van der Waals surface area (Å²) in [5.41, 5.74) is 3.53. The molecule has 0 saturated carbocycles. The normalized spacial score (nSPS) is 11.3. The van der Waals surface area contributed by atoms with Crippen LogP contribution in [0.2, 0.25) is 3.43 Å². The summed E-state index contributed by atoms with van der Waals surface area (Å²) in [6.45, 7) is 7.45. The number of ether oxygens (including phenoxy) is 1. The molecule has 0 aliphatic rings. The second kappa shape index (κ2) is 17.2. The third-order valence-electron chi connectivity index (χ3n) is 8.45. The maximum absolute atomic E-state index is 13.4. The summed E-state index contributed by atoms with van der Waals surface area (Å²) in [7, 11) is 1.59. The fourth-order valence-electron chi connectivity index (χ4n) is 5.90. The van der Waals surface area contributed by atoms with E-state index in [4.69, 9.17) is 9.72 Å². The number of unbranched alkanes of at least 4 members (excludes halogenated alkanes) is 3. The van der Waals surface area contributed by atoms with E-state index >= 15 is 0 Å². The molecule has 1 heterocycles. The van der Waals surface area contributed by atoms with Crippen LogP contribution in [0.25, 0.3) is 10.9 Å². The number of carbonyl (C=O) groups excluding carboxylic acids is 1. The molecule has 2 radical (unpaired) electrons. The Hall–Kier alpha value is -3.57. The van der Waals surface area contributed by atoms with Gasteiger partial charge in [-0.15, -0.1) is 0 Å². The summed E-state index contributed by atoms with van der Waals surface area (Å²) in [5.74, 6) is 0.629. The quantitative estimate of drug-likeness (QED) is 0.107. The number of fused-ring (bicyclic) bond motifs is 1. The fourth-order valence-corrected chi connectivity index (χ4v) is 11.7. The fraction of sp³-hybridized carbons (Fsp3) is 0.395. The van der Waals surface area contributed by atoms with Crippen LogP contribution >= 0.6 is 0 Å². The summed E-state index contributed by atoms with van der Waals surface area (Å²) < 4.78 is 7.00. The van der Waals surface area contributed by atoms with E-state index < -0.39 is 21.1 Å². The predicted molar refractivity (Wildman–Crippen MR) is 188 cm³/mol. The van der Waals surface area contributed by atoms with Gasteiger partial charge in [-0.3, -0.25) is 0 Å². The number of aromatic nitrogens is 1. The number of nitriles is 1. The second-order valence-corrected chi connectivity index (χ2v) is 17.0. The molecule has 2 N–H and O–H groups in total. The van der Waals surface area contributed by atoms with Crippen LogP contribution in [0.4, 0.5) is 11.5 Å². The zero-order chi connectivity index (χ0) is 32.1. The van der Waals surface area contributed by atoms with Gasteiger partial charge in [0.25, 0.3) is 0 Å². The van der Waals surface area contributed by atoms with Gasteiger partial charge in [-0.05, 0) is 0 Å². The van der Waals surface area contributed by atoms with E-state index in [9.17, 15) is 10.1 Å². The standard InChI is InChI=1S/C25H19N4O2.C13H27.Sn/c1-31-19-13-11-18(12-14-19)25(30)29-24-21(15-26)23(20-9-5-6-10-22(20)28-24)27-16-17-7-3-2-4-8-17;1-4-7-10-13(11-8-5-2)12-9-6-3;/h2-8,10-14H,16H2,1H3,(H2,27,28,29,30);4-12H2,1-3H3;. The number of nitrogens with zero attached hydrogens (tertiary/aromatic N) is 2. The number of benzene rings is 3. The number of hydrogen-bond acceptors (Lipinski definition) is 5. The zero-order valence-electron chi connectivity index (χ0n) is 27.2. The van der Waals surface area contributed by atoms with Crippen molar-refractivity contribution in [1.82, 2.24) is 4.98 Å². The Kier molecular flexibility index (Phi) is 13.1. The molecule has 7 heteroatoms. The molecule has 0 bridgehead atoms. The molecule has 0 spiro atoms. The van der Waals surface area contributed by atoms with Gasteiger partial charge in [0, 0.05) is 0 Å². The van der Waals surface area contributed by atoms with Crippen molar-refractivity contribution in [2.45, 2.75) is 88.5 Å². The molecule has 6 nitrogen and oxygen atoms in total. The molecule has 0 atom stereocenters. The molecule has 234 valence electrons. The molecule has 45 heavy (non-hydrogen) atoms. The van der Waals surface area contributed by atoms with Crippen LogP contribution in [0.3, 0.4) is 0 Å². The first-order chi connectivity index (χ1) is 22.0. The van der Waals surface area contributed by atoms with Gasteiger partial charge >= 0.3 is 273 Å². The van der Waals surface area contributed by atoms with Crippen molar-refractivity contribution in [2.75, 3.05) is 17.7 Å². The van der Waals surface area contributed by atoms with Gasteiger partial charge in [-0.2, -0.15) is 0 Å². The summed E-state index contributed by atoms with van der Waals surface area (Å²) in [5, 5.41) is 18.2. The number of hydrogen-bond donors (Lipinski definition) is 2. The number of carbonyl (C=O) groups is 1. The van der Waals surface area contributed by atoms with Gasteiger partial charge in [-0.25, -0.2) is 0 Å². The van der Waals surface area contributed by atoms with E-state index in [2.05, 4.69) is 61.7 Å². The molecular formula is C38H46N4O2Sn. The van der Waals surface area contributed by atoms with E-state index in [-0.39, 0.29) is 11.7 Å². The van der Waals surface area contributed by atoms with E-state index in [1.54, 1.807) is 31.4 Å². The molecule has 1 aromatic heterocycles. The number of amides is 1. The van der Waals surface area contributed by atoms with Crippen molar-refractivity contribution in [3.8, 4) is 11.8 Å². The molecule has 0 aliphatic carbocycles. The van der Waals surface area contributed by atoms with Crippen molar-refractivity contribution in [2.24, 2.45) is 0 Å². The van der Waals surface area contributed by atoms with Crippen LogP contribution in [0.1, 0.15) is 100 Å². The molecule has 3 aromatic carbocycles. The van der Waals surface area contributed by atoms with Crippen LogP contribution in [-0.4, -0.2) is 39.1 Å². The van der Waals surface area contributed by atoms with Gasteiger partial charge in [0.2, 0.25) is 0 Å². The van der Waals surface area contributed by atoms with Gasteiger partial charge in [0.15, 0.2) is 0 Å². The van der Waals surface area contributed by atoms with Gasteiger partial charge in [0.05, 0.1) is 7.11 Å². The minimum absolute atomic E-state index is 0.276. The summed E-state index contributed by atoms with van der Waals surface area (Å²) in [4.78, 5) is 18.3. The van der Waals surface area contributed by atoms with Crippen LogP contribution in [0.15, 0.2) is 72.8 Å². The third kappa shape index (κ3) is 9.00. The monoisotopic (exact) mass is 710 g/mol. The summed E-state index contributed by atoms with van der Waals surface area (Å²) in [6.07, 6.45) is 11.2. The van der Waals surface area contributed by atoms with Crippen LogP contribution < -0.4 is 18.9 Å². The molecule has 0 unspecified atom stereocenters. The second-order valence-electron chi connectivity index (χ2n) is 11.8. The number of methoxy groups -OCH3 is 1. The average molecular weight is 710 g/mol. The van der Waals surface area contributed by atoms with Crippen molar-refractivity contribution in [3.63, 3.8) is 0 Å². The third-order valence-corrected chi connectivity index (χ3v) is 14.1. The van der Waals surface area contributed by atoms with Gasteiger partial charge < -0.3 is 0 Å². The Morgan fingerprint density at radius 2 is 1.53 bits per heavy atom. The van der Waals surface area contributed by atoms with Gasteiger partial charge in [0.1, 0.15) is 0 Å². The van der Waals surface area contributed by atoms with Crippen LogP contribution in [-0.2, 0) is 6.54 Å². The van der Waals surface area contributed by atoms with E-state index in [1.165, 1.54) is 61.4 Å². The Morgan fingerprint density at radius 1 is 0.889 bits per heavy atom. The molecule has 1 amide bonds. The van der Waals surface area contributed by atoms with Crippen LogP contribution in [0.5, 0.6) is 5.75 Å². The van der Waals surface area contributed by atoms with E-state index in [0.717, 1.165) is 22.2 Å². The average Bonchev–Trinajstić information content (AvgIpc) is 3.08. The minimum atomic E-state index is -1.17. The van der Waals surface area contributed by atoms with E-state index in [0.29, 0.717) is 26.9 Å². The van der Waals surface area contributed by atoms with E-state index in [1.807, 2.05) is 24.3 Å². The zero-order valence-corrected chi connectivity index (χ0v) is 30.1. The van der Waals surface area contributed by atoms with Crippen molar-refractivity contribution in [1.29, 1.82) is 5.26 Å². The topological polar surface area (TPSA) is 87.0 Å². The SMILES string of the molecule is CCCC[C](CCCC)(CCCC)[Sn][c]1cccc2nc(NC(=O)c3ccc(OC)cc3)c(C#N)c(NCc3ccccc3)c12. The summed E-state index contributed by atoms with van der Waals surface area (Å²) >= 11 is -1.17. The Morgan fingerprint density at radius 3 is 2.11 bits per heavy atom. The number of anilines is 2. The first-order valence-electron chi connectivity index (χ1n) is 16.4. The number of pyridine rings is 1. The predicted octanol–water partition coefficient (Wildman–Crippen LogP) is 9.04. The molecule has 4 aromatic rings. The first kappa shape index (κ1) is 34.3. The van der Waals surface area contributed by atoms with Crippen LogP contribution in [0, 0.1) is 11.3 Å². The van der Waals surface area contributed by atoms with Gasteiger partial charge in [-0.1, -0.05) is 0 Å². The molecular weight excluding hydrogens is 663 g/mol. The number of rotatable bonds is 17. The number of nitrogens with one attached hydrogen (secondary N) is 2. The molecule has 0 aliphatic heterocycles. The van der Waals surface area contributed by atoms with Crippen molar-refractivity contribution in [3.05, 3.63) is 89.5 Å². The van der Waals surface area contributed by atoms with Crippen molar-refractivity contribution >= 4 is 53.0 Å². The maximum atomic E-state index is 13.4. The summed E-state index contributed by atoms with van der Waals surface area (Å²) in [6, 6.07) is 26.0. The first-order valence-corrected chi connectivity index (χ1v) is 19.2. The molecule has 0 fully saturated rings. The molecule has 0 saturated heterocycles. The Bertz CT molecular complexity index is 1560. The van der Waals surface area contributed by atoms with Crippen molar-refractivity contribution < 1.29 is 9.53 Å². The molecule has 4 rings (SSSR count). The Balaban J connectivity index is 1.84. The Labute approximate surface area is 279 Å².